The monoisotopic (exact) mass is 648 g/mol. The number of amides is 3. The van der Waals surface area contributed by atoms with E-state index in [1.54, 1.807) is 56.3 Å². The van der Waals surface area contributed by atoms with Gasteiger partial charge in [-0.25, -0.2) is 0 Å². The number of benzene rings is 2. The minimum Gasteiger partial charge on any atom is -0.493 e. The fourth-order valence-electron chi connectivity index (χ4n) is 5.63. The maximum Gasteiger partial charge on any atom is 0.246 e. The largest absolute Gasteiger partial charge is 0.493 e. The standard InChI is InChI=1S/C34H40N4O7S/c1-19(39)35-22-8-7-9-23(17-22)37-34(42)28(14-15-46-6)38-27-13-11-24-25(18-29(27)41)26(36-20(2)40)12-10-21-16-30(43-3)32(44-4)33(45-5)31(21)24/h7-9,11,13,16-18,26,28H,10,12,14-15H2,1-6H3,(H,35,39)(H,36,40)(H,37,42)(H,38,41). The molecular weight excluding hydrogens is 608 g/mol. The molecule has 4 N–H and O–H groups in total. The van der Waals surface area contributed by atoms with Gasteiger partial charge in [0.05, 0.1) is 33.1 Å². The number of rotatable bonds is 12. The molecule has 0 spiro atoms. The lowest BCUT2D eigenvalue weighted by atomic mass is 9.95. The van der Waals surface area contributed by atoms with Gasteiger partial charge < -0.3 is 35.5 Å². The molecule has 0 radical (unpaired) electrons. The number of carbonyl (C=O) groups excluding carboxylic acids is 3. The van der Waals surface area contributed by atoms with Gasteiger partial charge in [0.15, 0.2) is 11.5 Å². The Balaban J connectivity index is 1.79. The van der Waals surface area contributed by atoms with E-state index in [0.29, 0.717) is 64.8 Å². The highest BCUT2D eigenvalue weighted by molar-refractivity contribution is 7.98. The molecular formula is C34H40N4O7S. The van der Waals surface area contributed by atoms with Gasteiger partial charge in [-0.2, -0.15) is 11.8 Å². The Morgan fingerprint density at radius 1 is 0.913 bits per heavy atom. The predicted molar refractivity (Wildman–Crippen MR) is 182 cm³/mol. The summed E-state index contributed by atoms with van der Waals surface area (Å²) >= 11 is 1.59. The molecule has 0 aliphatic heterocycles. The van der Waals surface area contributed by atoms with Crippen molar-refractivity contribution < 1.29 is 28.6 Å². The zero-order valence-electron chi connectivity index (χ0n) is 26.9. The summed E-state index contributed by atoms with van der Waals surface area (Å²) in [5.74, 6) is 1.26. The Morgan fingerprint density at radius 2 is 1.63 bits per heavy atom. The summed E-state index contributed by atoms with van der Waals surface area (Å²) in [6.45, 7) is 2.85. The van der Waals surface area contributed by atoms with Gasteiger partial charge in [-0.3, -0.25) is 19.2 Å². The molecule has 0 heterocycles. The summed E-state index contributed by atoms with van der Waals surface area (Å²) in [7, 11) is 4.63. The van der Waals surface area contributed by atoms with E-state index in [2.05, 4.69) is 21.3 Å². The van der Waals surface area contributed by atoms with Crippen LogP contribution in [0.3, 0.4) is 0 Å². The van der Waals surface area contributed by atoms with Crippen molar-refractivity contribution >= 4 is 46.5 Å². The summed E-state index contributed by atoms with van der Waals surface area (Å²) in [6, 6.07) is 12.5. The summed E-state index contributed by atoms with van der Waals surface area (Å²) in [5.41, 5.74) is 3.91. The van der Waals surface area contributed by atoms with Crippen molar-refractivity contribution in [2.75, 3.05) is 49.3 Å². The minimum absolute atomic E-state index is 0.222. The van der Waals surface area contributed by atoms with Crippen molar-refractivity contribution in [2.45, 2.75) is 45.2 Å². The molecule has 46 heavy (non-hydrogen) atoms. The van der Waals surface area contributed by atoms with Crippen molar-refractivity contribution in [3.8, 4) is 28.4 Å². The molecule has 0 fully saturated rings. The summed E-state index contributed by atoms with van der Waals surface area (Å²) in [5, 5.41) is 11.8. The van der Waals surface area contributed by atoms with Gasteiger partial charge >= 0.3 is 0 Å². The highest BCUT2D eigenvalue weighted by Crippen LogP contribution is 2.50. The fourth-order valence-corrected chi connectivity index (χ4v) is 6.10. The fraction of sp³-hybridized carbons (Fsp3) is 0.353. The van der Waals surface area contributed by atoms with E-state index in [0.717, 1.165) is 11.1 Å². The average molecular weight is 649 g/mol. The third kappa shape index (κ3) is 7.92. The van der Waals surface area contributed by atoms with E-state index < -0.39 is 12.1 Å². The molecule has 1 aliphatic rings. The molecule has 0 aromatic heterocycles. The number of thioether (sulfide) groups is 1. The van der Waals surface area contributed by atoms with Gasteiger partial charge in [-0.15, -0.1) is 0 Å². The molecule has 2 unspecified atom stereocenters. The maximum atomic E-state index is 13.8. The molecule has 0 bridgehead atoms. The summed E-state index contributed by atoms with van der Waals surface area (Å²) in [4.78, 5) is 51.1. The highest BCUT2D eigenvalue weighted by atomic mass is 32.2. The number of nitrogens with one attached hydrogen (secondary N) is 4. The number of carbonyl (C=O) groups is 3. The summed E-state index contributed by atoms with van der Waals surface area (Å²) < 4.78 is 17.1. The molecule has 11 nitrogen and oxygen atoms in total. The third-order valence-electron chi connectivity index (χ3n) is 7.62. The van der Waals surface area contributed by atoms with Crippen LogP contribution in [0.1, 0.15) is 43.9 Å². The normalized spacial score (nSPS) is 14.0. The number of ether oxygens (including phenoxy) is 3. The van der Waals surface area contributed by atoms with Crippen LogP contribution in [0, 0.1) is 0 Å². The van der Waals surface area contributed by atoms with Gasteiger partial charge in [0, 0.05) is 30.8 Å². The second-order valence-corrected chi connectivity index (χ2v) is 11.8. The topological polar surface area (TPSA) is 144 Å². The van der Waals surface area contributed by atoms with Crippen LogP contribution >= 0.6 is 11.8 Å². The Hall–Kier alpha value is -4.71. The first kappa shape index (κ1) is 34.2. The van der Waals surface area contributed by atoms with Gasteiger partial charge in [-0.05, 0) is 84.4 Å². The van der Waals surface area contributed by atoms with Crippen LogP contribution in [0.4, 0.5) is 17.1 Å². The van der Waals surface area contributed by atoms with E-state index in [-0.39, 0.29) is 28.8 Å². The molecule has 4 rings (SSSR count). The Kier molecular flexibility index (Phi) is 11.5. The molecule has 3 aromatic rings. The lowest BCUT2D eigenvalue weighted by Gasteiger charge is -2.19. The van der Waals surface area contributed by atoms with Crippen molar-refractivity contribution in [3.05, 3.63) is 69.9 Å². The summed E-state index contributed by atoms with van der Waals surface area (Å²) in [6.07, 6.45) is 3.49. The average Bonchev–Trinajstić information content (AvgIpc) is 3.26. The van der Waals surface area contributed by atoms with Crippen molar-refractivity contribution in [1.82, 2.24) is 5.32 Å². The van der Waals surface area contributed by atoms with E-state index in [1.165, 1.54) is 27.0 Å². The van der Waals surface area contributed by atoms with Gasteiger partial charge in [0.1, 0.15) is 6.04 Å². The van der Waals surface area contributed by atoms with E-state index in [1.807, 2.05) is 18.4 Å². The molecule has 0 saturated heterocycles. The number of fused-ring (bicyclic) bond motifs is 3. The molecule has 244 valence electrons. The van der Waals surface area contributed by atoms with Crippen LogP contribution in [0.25, 0.3) is 11.1 Å². The molecule has 3 aromatic carbocycles. The van der Waals surface area contributed by atoms with E-state index >= 15 is 0 Å². The van der Waals surface area contributed by atoms with Crippen LogP contribution in [-0.4, -0.2) is 57.1 Å². The second kappa shape index (κ2) is 15.5. The van der Waals surface area contributed by atoms with Crippen molar-refractivity contribution in [1.29, 1.82) is 0 Å². The number of methoxy groups -OCH3 is 3. The van der Waals surface area contributed by atoms with Gasteiger partial charge in [0.25, 0.3) is 0 Å². The Bertz CT molecular complexity index is 1680. The Morgan fingerprint density at radius 3 is 2.26 bits per heavy atom. The number of hydrogen-bond acceptors (Lipinski definition) is 9. The molecule has 3 amide bonds. The number of anilines is 3. The Labute approximate surface area is 272 Å². The van der Waals surface area contributed by atoms with Gasteiger partial charge in [-0.1, -0.05) is 12.1 Å². The highest BCUT2D eigenvalue weighted by Gasteiger charge is 2.30. The molecule has 1 aliphatic carbocycles. The van der Waals surface area contributed by atoms with Crippen LogP contribution in [0.15, 0.2) is 53.3 Å². The second-order valence-electron chi connectivity index (χ2n) is 10.8. The number of aryl methyl sites for hydroxylation is 1. The zero-order valence-corrected chi connectivity index (χ0v) is 27.7. The quantitative estimate of drug-likeness (QED) is 0.213. The van der Waals surface area contributed by atoms with Gasteiger partial charge in [0.2, 0.25) is 28.9 Å². The zero-order chi connectivity index (χ0) is 33.4. The van der Waals surface area contributed by atoms with Crippen LogP contribution in [-0.2, 0) is 20.8 Å². The minimum atomic E-state index is -0.746. The smallest absolute Gasteiger partial charge is 0.246 e. The lowest BCUT2D eigenvalue weighted by molar-refractivity contribution is -0.120. The van der Waals surface area contributed by atoms with E-state index in [4.69, 9.17) is 14.2 Å². The van der Waals surface area contributed by atoms with Crippen LogP contribution in [0.5, 0.6) is 17.2 Å². The predicted octanol–water partition coefficient (Wildman–Crippen LogP) is 4.99. The van der Waals surface area contributed by atoms with Crippen LogP contribution in [0.2, 0.25) is 0 Å². The maximum absolute atomic E-state index is 13.8. The molecule has 0 saturated carbocycles. The lowest BCUT2D eigenvalue weighted by Crippen LogP contribution is -2.36. The first-order valence-electron chi connectivity index (χ1n) is 14.8. The first-order chi connectivity index (χ1) is 22.1. The van der Waals surface area contributed by atoms with E-state index in [9.17, 15) is 19.2 Å². The SMILES string of the molecule is COc1cc2c(c(OC)c1OC)-c1ccc(NC(CCSC)C(=O)Nc3cccc(NC(C)=O)c3)c(=O)cc1C(NC(C)=O)CC2. The molecule has 2 atom stereocenters. The number of hydrogen-bond donors (Lipinski definition) is 4. The van der Waals surface area contributed by atoms with Crippen molar-refractivity contribution in [3.63, 3.8) is 0 Å². The third-order valence-corrected chi connectivity index (χ3v) is 8.27. The molecule has 12 heteroatoms. The van der Waals surface area contributed by atoms with Crippen molar-refractivity contribution in [2.24, 2.45) is 0 Å². The van der Waals surface area contributed by atoms with Crippen LogP contribution < -0.4 is 40.9 Å². The first-order valence-corrected chi connectivity index (χ1v) is 16.2.